The lowest BCUT2D eigenvalue weighted by atomic mass is 9.98. The number of aromatic nitrogens is 4. The molecule has 27 heavy (non-hydrogen) atoms. The van der Waals surface area contributed by atoms with Crippen LogP contribution >= 0.6 is 11.8 Å². The van der Waals surface area contributed by atoms with E-state index < -0.39 is 0 Å². The van der Waals surface area contributed by atoms with Crippen LogP contribution in [0.2, 0.25) is 0 Å². The zero-order valence-electron chi connectivity index (χ0n) is 15.5. The molecule has 0 aliphatic carbocycles. The maximum absolute atomic E-state index is 12.7. The van der Waals surface area contributed by atoms with Crippen molar-refractivity contribution in [2.24, 2.45) is 0 Å². The van der Waals surface area contributed by atoms with Gasteiger partial charge in [-0.3, -0.25) is 4.79 Å². The number of carbonyl (C=O) groups is 1. The Bertz CT molecular complexity index is 817. The van der Waals surface area contributed by atoms with Crippen LogP contribution in [0.5, 0.6) is 11.5 Å². The van der Waals surface area contributed by atoms with Crippen LogP contribution in [0.1, 0.15) is 33.1 Å². The zero-order valence-corrected chi connectivity index (χ0v) is 16.3. The Morgan fingerprint density at radius 3 is 2.70 bits per heavy atom. The second kappa shape index (κ2) is 7.75. The van der Waals surface area contributed by atoms with Crippen molar-refractivity contribution in [3.63, 3.8) is 0 Å². The highest BCUT2D eigenvalue weighted by atomic mass is 32.2. The molecule has 2 aromatic rings. The standard InChI is InChI=1S/C18H23N5O3S/c1-12-4-3-5-13(2)22(12)17(24)11-27-18-19-20-21-23(18)14-6-7-15-16(10-14)26-9-8-25-15/h6-7,10,12-13H,3-5,8-9,11H2,1-2H3/t12-,13+. The summed E-state index contributed by atoms with van der Waals surface area (Å²) >= 11 is 1.36. The Hall–Kier alpha value is -2.29. The maximum atomic E-state index is 12.7. The molecule has 1 amide bonds. The van der Waals surface area contributed by atoms with Crippen LogP contribution in [0.3, 0.4) is 0 Å². The van der Waals surface area contributed by atoms with E-state index in [4.69, 9.17) is 9.47 Å². The first-order valence-electron chi connectivity index (χ1n) is 9.26. The van der Waals surface area contributed by atoms with Crippen LogP contribution in [0.15, 0.2) is 23.4 Å². The summed E-state index contributed by atoms with van der Waals surface area (Å²) in [5.74, 6) is 1.85. The smallest absolute Gasteiger partial charge is 0.233 e. The molecule has 0 N–H and O–H groups in total. The fourth-order valence-electron chi connectivity index (χ4n) is 3.71. The second-order valence-corrected chi connectivity index (χ2v) is 7.86. The summed E-state index contributed by atoms with van der Waals surface area (Å²) in [5, 5.41) is 12.5. The van der Waals surface area contributed by atoms with Gasteiger partial charge < -0.3 is 14.4 Å². The number of hydrogen-bond acceptors (Lipinski definition) is 7. The number of fused-ring (bicyclic) bond motifs is 1. The Labute approximate surface area is 162 Å². The van der Waals surface area contributed by atoms with E-state index >= 15 is 0 Å². The summed E-state index contributed by atoms with van der Waals surface area (Å²) < 4.78 is 12.8. The molecule has 1 saturated heterocycles. The lowest BCUT2D eigenvalue weighted by molar-refractivity contribution is -0.134. The summed E-state index contributed by atoms with van der Waals surface area (Å²) in [6.07, 6.45) is 3.31. The average molecular weight is 389 g/mol. The second-order valence-electron chi connectivity index (χ2n) is 6.92. The minimum absolute atomic E-state index is 0.136. The highest BCUT2D eigenvalue weighted by Gasteiger charge is 2.29. The van der Waals surface area contributed by atoms with Crippen LogP contribution < -0.4 is 9.47 Å². The molecule has 0 spiro atoms. The third-order valence-corrected chi connectivity index (χ3v) is 5.92. The predicted octanol–water partition coefficient (Wildman–Crippen LogP) is 2.32. The highest BCUT2D eigenvalue weighted by Crippen LogP contribution is 2.33. The molecule has 3 heterocycles. The van der Waals surface area contributed by atoms with Crippen LogP contribution in [0.25, 0.3) is 5.69 Å². The molecule has 144 valence electrons. The normalized spacial score (nSPS) is 21.9. The van der Waals surface area contributed by atoms with Gasteiger partial charge in [0.2, 0.25) is 11.1 Å². The van der Waals surface area contributed by atoms with E-state index in [1.54, 1.807) is 4.68 Å². The van der Waals surface area contributed by atoms with Gasteiger partial charge in [-0.1, -0.05) is 11.8 Å². The number of hydrogen-bond donors (Lipinski definition) is 0. The van der Waals surface area contributed by atoms with E-state index in [9.17, 15) is 4.79 Å². The summed E-state index contributed by atoms with van der Waals surface area (Å²) in [6.45, 7) is 5.32. The molecule has 4 rings (SSSR count). The first kappa shape index (κ1) is 18.1. The van der Waals surface area contributed by atoms with Crippen molar-refractivity contribution in [1.82, 2.24) is 25.1 Å². The molecule has 0 unspecified atom stereocenters. The van der Waals surface area contributed by atoms with Gasteiger partial charge in [-0.25, -0.2) is 0 Å². The van der Waals surface area contributed by atoms with Crippen molar-refractivity contribution >= 4 is 17.7 Å². The molecule has 0 radical (unpaired) electrons. The quantitative estimate of drug-likeness (QED) is 0.742. The summed E-state index contributed by atoms with van der Waals surface area (Å²) in [4.78, 5) is 14.8. The van der Waals surface area contributed by atoms with E-state index in [0.717, 1.165) is 24.3 Å². The van der Waals surface area contributed by atoms with E-state index in [1.165, 1.54) is 18.2 Å². The SMILES string of the molecule is C[C@@H]1CCC[C@H](C)N1C(=O)CSc1nnnn1-c1ccc2c(c1)OCCO2. The first-order valence-corrected chi connectivity index (χ1v) is 10.2. The zero-order chi connectivity index (χ0) is 18.8. The molecule has 1 aromatic heterocycles. The molecule has 0 saturated carbocycles. The minimum atomic E-state index is 0.136. The van der Waals surface area contributed by atoms with Gasteiger partial charge in [0.25, 0.3) is 0 Å². The predicted molar refractivity (Wildman–Crippen MR) is 100 cm³/mol. The Balaban J connectivity index is 1.47. The molecule has 2 aliphatic heterocycles. The first-order chi connectivity index (χ1) is 13.1. The van der Waals surface area contributed by atoms with Crippen molar-refractivity contribution in [2.75, 3.05) is 19.0 Å². The van der Waals surface area contributed by atoms with Gasteiger partial charge in [0.1, 0.15) is 13.2 Å². The van der Waals surface area contributed by atoms with Gasteiger partial charge in [-0.15, -0.1) is 5.10 Å². The Kier molecular flexibility index (Phi) is 5.20. The van der Waals surface area contributed by atoms with Crippen molar-refractivity contribution in [3.05, 3.63) is 18.2 Å². The average Bonchev–Trinajstić information content (AvgIpc) is 3.14. The fourth-order valence-corrected chi connectivity index (χ4v) is 4.47. The van der Waals surface area contributed by atoms with Crippen LogP contribution in [-0.4, -0.2) is 62.1 Å². The molecule has 0 bridgehead atoms. The highest BCUT2D eigenvalue weighted by molar-refractivity contribution is 7.99. The summed E-state index contributed by atoms with van der Waals surface area (Å²) in [5.41, 5.74) is 0.777. The number of benzene rings is 1. The van der Waals surface area contributed by atoms with Crippen LogP contribution in [0, 0.1) is 0 Å². The van der Waals surface area contributed by atoms with Gasteiger partial charge in [0, 0.05) is 18.2 Å². The molecular weight excluding hydrogens is 366 g/mol. The lowest BCUT2D eigenvalue weighted by Crippen LogP contribution is -2.48. The number of tetrazole rings is 1. The molecule has 1 aromatic carbocycles. The van der Waals surface area contributed by atoms with Gasteiger partial charge >= 0.3 is 0 Å². The largest absolute Gasteiger partial charge is 0.486 e. The Morgan fingerprint density at radius 1 is 1.19 bits per heavy atom. The number of likely N-dealkylation sites (tertiary alicyclic amines) is 1. The van der Waals surface area contributed by atoms with E-state index in [-0.39, 0.29) is 18.0 Å². The number of ether oxygens (including phenoxy) is 2. The summed E-state index contributed by atoms with van der Waals surface area (Å²) in [7, 11) is 0. The molecule has 1 fully saturated rings. The third kappa shape index (κ3) is 3.73. The molecule has 8 nitrogen and oxygen atoms in total. The number of rotatable bonds is 4. The van der Waals surface area contributed by atoms with Crippen molar-refractivity contribution in [1.29, 1.82) is 0 Å². The lowest BCUT2D eigenvalue weighted by Gasteiger charge is -2.39. The molecular formula is C18H23N5O3S. The molecule has 9 heteroatoms. The van der Waals surface area contributed by atoms with Gasteiger partial charge in [-0.2, -0.15) is 4.68 Å². The van der Waals surface area contributed by atoms with Crippen molar-refractivity contribution in [2.45, 2.75) is 50.4 Å². The number of thioether (sulfide) groups is 1. The topological polar surface area (TPSA) is 82.4 Å². The van der Waals surface area contributed by atoms with Crippen molar-refractivity contribution in [3.8, 4) is 17.2 Å². The van der Waals surface area contributed by atoms with Crippen molar-refractivity contribution < 1.29 is 14.3 Å². The maximum Gasteiger partial charge on any atom is 0.233 e. The molecule has 2 atom stereocenters. The fraction of sp³-hybridized carbons (Fsp3) is 0.556. The van der Waals surface area contributed by atoms with Gasteiger partial charge in [0.15, 0.2) is 11.5 Å². The monoisotopic (exact) mass is 389 g/mol. The van der Waals surface area contributed by atoms with Crippen LogP contribution in [0.4, 0.5) is 0 Å². The number of amides is 1. The number of piperidine rings is 1. The Morgan fingerprint density at radius 2 is 1.93 bits per heavy atom. The summed E-state index contributed by atoms with van der Waals surface area (Å²) in [6, 6.07) is 6.16. The third-order valence-electron chi connectivity index (χ3n) is 5.02. The van der Waals surface area contributed by atoms with E-state index in [1.807, 2.05) is 23.1 Å². The molecule has 2 aliphatic rings. The van der Waals surface area contributed by atoms with E-state index in [2.05, 4.69) is 29.4 Å². The van der Waals surface area contributed by atoms with Gasteiger partial charge in [0.05, 0.1) is 11.4 Å². The number of nitrogens with zero attached hydrogens (tertiary/aromatic N) is 5. The van der Waals surface area contributed by atoms with Crippen LogP contribution in [-0.2, 0) is 4.79 Å². The van der Waals surface area contributed by atoms with Gasteiger partial charge in [-0.05, 0) is 55.7 Å². The number of carbonyl (C=O) groups excluding carboxylic acids is 1. The van der Waals surface area contributed by atoms with E-state index in [0.29, 0.717) is 29.9 Å². The minimum Gasteiger partial charge on any atom is -0.486 e.